The molecule has 0 saturated heterocycles. The minimum atomic E-state index is 0.375. The molecule has 76 valence electrons. The van der Waals surface area contributed by atoms with Crippen LogP contribution in [-0.2, 0) is 18.5 Å². The van der Waals surface area contributed by atoms with Gasteiger partial charge in [-0.3, -0.25) is 0 Å². The van der Waals surface area contributed by atoms with Crippen molar-refractivity contribution in [3.63, 3.8) is 0 Å². The number of nitrogens with zero attached hydrogens (tertiary/aromatic N) is 2. The molecule has 0 radical (unpaired) electrons. The lowest BCUT2D eigenvalue weighted by molar-refractivity contribution is 0.162. The first-order valence-corrected chi connectivity index (χ1v) is 5.56. The van der Waals surface area contributed by atoms with Crippen molar-refractivity contribution in [2.24, 2.45) is 0 Å². The van der Waals surface area contributed by atoms with Crippen LogP contribution < -0.4 is 5.32 Å². The van der Waals surface area contributed by atoms with Gasteiger partial charge in [0.1, 0.15) is 0 Å². The molecule has 0 amide bonds. The molecule has 0 bridgehead atoms. The van der Waals surface area contributed by atoms with Gasteiger partial charge in [-0.05, 0) is 26.2 Å². The maximum Gasteiger partial charge on any atom is 0.0957 e. The van der Waals surface area contributed by atoms with Crippen molar-refractivity contribution >= 4 is 0 Å². The molecule has 1 aromatic heterocycles. The van der Waals surface area contributed by atoms with E-state index in [9.17, 15) is 0 Å². The summed E-state index contributed by atoms with van der Waals surface area (Å²) in [5.41, 5.74) is 3.12. The zero-order valence-corrected chi connectivity index (χ0v) is 8.71. The lowest BCUT2D eigenvalue weighted by Gasteiger charge is -2.41. The molecule has 0 atom stereocenters. The predicted octanol–water partition coefficient (Wildman–Crippen LogP) is 1.43. The van der Waals surface area contributed by atoms with Crippen LogP contribution in [0.25, 0.3) is 0 Å². The monoisotopic (exact) mass is 191 g/mol. The van der Waals surface area contributed by atoms with Gasteiger partial charge in [-0.15, -0.1) is 0 Å². The second-order valence-corrected chi connectivity index (χ2v) is 4.79. The summed E-state index contributed by atoms with van der Waals surface area (Å²) < 4.78 is 2.41. The highest BCUT2D eigenvalue weighted by molar-refractivity contribution is 5.19. The van der Waals surface area contributed by atoms with Crippen LogP contribution in [0.15, 0.2) is 6.33 Å². The highest BCUT2D eigenvalue weighted by atomic mass is 15.2. The van der Waals surface area contributed by atoms with Crippen molar-refractivity contribution in [3.05, 3.63) is 17.7 Å². The molecule has 1 N–H and O–H groups in total. The second kappa shape index (κ2) is 2.83. The molecule has 3 heteroatoms. The standard InChI is InChI=1S/C11H17N3/c1-11(4-2-5-11)14-8-13-9-3-6-12-7-10(9)14/h8,12H,2-7H2,1H3. The van der Waals surface area contributed by atoms with Crippen molar-refractivity contribution in [1.29, 1.82) is 0 Å². The molecule has 1 aliphatic carbocycles. The molecular formula is C11H17N3. The van der Waals surface area contributed by atoms with Gasteiger partial charge < -0.3 is 9.88 Å². The highest BCUT2D eigenvalue weighted by Crippen LogP contribution is 2.40. The first kappa shape index (κ1) is 8.48. The number of nitrogens with one attached hydrogen (secondary N) is 1. The maximum atomic E-state index is 4.53. The van der Waals surface area contributed by atoms with Gasteiger partial charge >= 0.3 is 0 Å². The first-order valence-electron chi connectivity index (χ1n) is 5.56. The van der Waals surface area contributed by atoms with Gasteiger partial charge in [-0.2, -0.15) is 0 Å². The average Bonchev–Trinajstić information content (AvgIpc) is 2.58. The smallest absolute Gasteiger partial charge is 0.0957 e. The first-order chi connectivity index (χ1) is 6.80. The van der Waals surface area contributed by atoms with Gasteiger partial charge in [0, 0.05) is 25.0 Å². The Labute approximate surface area is 84.5 Å². The van der Waals surface area contributed by atoms with E-state index in [0.717, 1.165) is 19.5 Å². The fourth-order valence-electron chi connectivity index (χ4n) is 2.61. The van der Waals surface area contributed by atoms with E-state index in [1.807, 2.05) is 0 Å². The van der Waals surface area contributed by atoms with E-state index in [-0.39, 0.29) is 0 Å². The molecule has 0 aromatic carbocycles. The van der Waals surface area contributed by atoms with Crippen LogP contribution in [0.3, 0.4) is 0 Å². The molecule has 3 rings (SSSR count). The number of fused-ring (bicyclic) bond motifs is 1. The van der Waals surface area contributed by atoms with Gasteiger partial charge in [0.2, 0.25) is 0 Å². The van der Waals surface area contributed by atoms with E-state index in [2.05, 4.69) is 28.1 Å². The minimum Gasteiger partial charge on any atom is -0.327 e. The molecule has 0 spiro atoms. The third-order valence-electron chi connectivity index (χ3n) is 3.80. The SMILES string of the molecule is CC1(n2cnc3c2CNCC3)CCC1. The maximum absolute atomic E-state index is 4.53. The number of aromatic nitrogens is 2. The molecule has 1 saturated carbocycles. The molecule has 2 heterocycles. The Kier molecular flexibility index (Phi) is 1.71. The summed E-state index contributed by atoms with van der Waals surface area (Å²) in [6, 6.07) is 0. The third-order valence-corrected chi connectivity index (χ3v) is 3.80. The van der Waals surface area contributed by atoms with Gasteiger partial charge in [-0.25, -0.2) is 4.98 Å². The lowest BCUT2D eigenvalue weighted by Crippen LogP contribution is -2.39. The molecule has 3 nitrogen and oxygen atoms in total. The summed E-state index contributed by atoms with van der Waals surface area (Å²) in [5, 5.41) is 3.43. The Morgan fingerprint density at radius 1 is 1.50 bits per heavy atom. The van der Waals surface area contributed by atoms with Crippen LogP contribution in [0, 0.1) is 0 Å². The quantitative estimate of drug-likeness (QED) is 0.727. The lowest BCUT2D eigenvalue weighted by atomic mass is 9.78. The molecule has 1 aromatic rings. The van der Waals surface area contributed by atoms with Crippen molar-refractivity contribution in [2.75, 3.05) is 6.54 Å². The van der Waals surface area contributed by atoms with Gasteiger partial charge in [0.25, 0.3) is 0 Å². The summed E-state index contributed by atoms with van der Waals surface area (Å²) >= 11 is 0. The summed E-state index contributed by atoms with van der Waals surface area (Å²) in [5.74, 6) is 0. The molecule has 0 unspecified atom stereocenters. The van der Waals surface area contributed by atoms with Gasteiger partial charge in [0.15, 0.2) is 0 Å². The number of imidazole rings is 1. The largest absolute Gasteiger partial charge is 0.327 e. The highest BCUT2D eigenvalue weighted by Gasteiger charge is 2.35. The molecule has 1 aliphatic heterocycles. The van der Waals surface area contributed by atoms with Crippen LogP contribution in [-0.4, -0.2) is 16.1 Å². The van der Waals surface area contributed by atoms with Crippen LogP contribution in [0.5, 0.6) is 0 Å². The zero-order chi connectivity index (χ0) is 9.60. The van der Waals surface area contributed by atoms with E-state index in [1.165, 1.54) is 30.7 Å². The normalized spacial score (nSPS) is 24.1. The Hall–Kier alpha value is -0.830. The van der Waals surface area contributed by atoms with E-state index in [4.69, 9.17) is 0 Å². The van der Waals surface area contributed by atoms with E-state index < -0.39 is 0 Å². The zero-order valence-electron chi connectivity index (χ0n) is 8.71. The number of hydrogen-bond donors (Lipinski definition) is 1. The van der Waals surface area contributed by atoms with Crippen LogP contribution in [0.1, 0.15) is 37.6 Å². The van der Waals surface area contributed by atoms with E-state index >= 15 is 0 Å². The molecule has 2 aliphatic rings. The fraction of sp³-hybridized carbons (Fsp3) is 0.727. The Bertz CT molecular complexity index is 349. The second-order valence-electron chi connectivity index (χ2n) is 4.79. The average molecular weight is 191 g/mol. The summed E-state index contributed by atoms with van der Waals surface area (Å²) in [6.45, 7) is 4.44. The topological polar surface area (TPSA) is 29.9 Å². The predicted molar refractivity (Wildman–Crippen MR) is 55.1 cm³/mol. The van der Waals surface area contributed by atoms with Gasteiger partial charge in [0.05, 0.1) is 17.7 Å². The summed E-state index contributed by atoms with van der Waals surface area (Å²) in [4.78, 5) is 4.53. The Morgan fingerprint density at radius 3 is 3.07 bits per heavy atom. The van der Waals surface area contributed by atoms with Crippen LogP contribution >= 0.6 is 0 Å². The molecule has 14 heavy (non-hydrogen) atoms. The van der Waals surface area contributed by atoms with Crippen LogP contribution in [0.2, 0.25) is 0 Å². The van der Waals surface area contributed by atoms with Crippen molar-refractivity contribution in [3.8, 4) is 0 Å². The minimum absolute atomic E-state index is 0.375. The Balaban J connectivity index is 2.01. The van der Waals surface area contributed by atoms with E-state index in [0.29, 0.717) is 5.54 Å². The summed E-state index contributed by atoms with van der Waals surface area (Å²) in [7, 11) is 0. The number of rotatable bonds is 1. The van der Waals surface area contributed by atoms with E-state index in [1.54, 1.807) is 0 Å². The molecule has 1 fully saturated rings. The Morgan fingerprint density at radius 2 is 2.36 bits per heavy atom. The molecular weight excluding hydrogens is 174 g/mol. The number of hydrogen-bond acceptors (Lipinski definition) is 2. The van der Waals surface area contributed by atoms with Crippen molar-refractivity contribution < 1.29 is 0 Å². The van der Waals surface area contributed by atoms with Crippen molar-refractivity contribution in [2.45, 2.75) is 44.7 Å². The van der Waals surface area contributed by atoms with Gasteiger partial charge in [-0.1, -0.05) is 0 Å². The summed E-state index contributed by atoms with van der Waals surface area (Å²) in [6.07, 6.45) is 7.15. The third kappa shape index (κ3) is 1.05. The van der Waals surface area contributed by atoms with Crippen molar-refractivity contribution in [1.82, 2.24) is 14.9 Å². The van der Waals surface area contributed by atoms with Crippen LogP contribution in [0.4, 0.5) is 0 Å². The fourth-order valence-corrected chi connectivity index (χ4v) is 2.61.